The van der Waals surface area contributed by atoms with Crippen LogP contribution in [0.25, 0.3) is 0 Å². The third-order valence-corrected chi connectivity index (χ3v) is 7.22. The molecule has 1 aromatic heterocycles. The third kappa shape index (κ3) is 4.66. The number of rotatable bonds is 5. The second kappa shape index (κ2) is 9.50. The van der Waals surface area contributed by atoms with Crippen molar-refractivity contribution in [1.29, 1.82) is 5.26 Å². The molecule has 2 amide bonds. The summed E-state index contributed by atoms with van der Waals surface area (Å²) in [5.41, 5.74) is 1.75. The Morgan fingerprint density at radius 2 is 2.06 bits per heavy atom. The molecule has 10 heteroatoms. The number of ether oxygens (including phenoxy) is 1. The Hall–Kier alpha value is -3.32. The molecule has 1 saturated carbocycles. The van der Waals surface area contributed by atoms with Crippen LogP contribution in [-0.4, -0.2) is 34.3 Å². The number of hydrogen-bond acceptors (Lipinski definition) is 6. The number of nitriles is 1. The van der Waals surface area contributed by atoms with Crippen molar-refractivity contribution in [3.05, 3.63) is 64.1 Å². The van der Waals surface area contributed by atoms with E-state index in [0.29, 0.717) is 49.1 Å². The fraction of sp³-hybridized carbons (Fsp3) is 0.375. The number of hydrogen-bond donors (Lipinski definition) is 2. The molecule has 0 saturated heterocycles. The van der Waals surface area contributed by atoms with E-state index in [1.165, 1.54) is 6.07 Å². The zero-order chi connectivity index (χ0) is 24.3. The first-order valence-corrected chi connectivity index (χ1v) is 11.7. The molecule has 1 fully saturated rings. The molecule has 2 heterocycles. The zero-order valence-corrected chi connectivity index (χ0v) is 20.1. The molecule has 0 unspecified atom stereocenters. The largest absolute Gasteiger partial charge is 0.435 e. The van der Waals surface area contributed by atoms with Gasteiger partial charge in [-0.15, -0.1) is 0 Å². The number of carbonyl (C=O) groups excluding carboxylic acids is 2. The smallest absolute Gasteiger partial charge is 0.428 e. The van der Waals surface area contributed by atoms with Gasteiger partial charge in [0.05, 0.1) is 16.0 Å². The highest BCUT2D eigenvalue weighted by Gasteiger charge is 2.51. The van der Waals surface area contributed by atoms with Gasteiger partial charge in [0.1, 0.15) is 17.2 Å². The predicted octanol–water partition coefficient (Wildman–Crippen LogP) is 4.46. The molecule has 1 aliphatic heterocycles. The van der Waals surface area contributed by atoms with Gasteiger partial charge in [-0.25, -0.2) is 14.6 Å². The van der Waals surface area contributed by atoms with Crippen molar-refractivity contribution in [2.24, 2.45) is 10.5 Å². The highest BCUT2D eigenvalue weighted by Crippen LogP contribution is 2.47. The normalized spacial score (nSPS) is 24.9. The Morgan fingerprint density at radius 1 is 1.29 bits per heavy atom. The van der Waals surface area contributed by atoms with Crippen LogP contribution in [0, 0.1) is 22.6 Å². The monoisotopic (exact) mass is 527 g/mol. The van der Waals surface area contributed by atoms with Gasteiger partial charge in [-0.1, -0.05) is 18.2 Å². The summed E-state index contributed by atoms with van der Waals surface area (Å²) in [4.78, 5) is 28.6. The van der Waals surface area contributed by atoms with Gasteiger partial charge in [-0.05, 0) is 73.2 Å². The Kier molecular flexibility index (Phi) is 6.66. The molecule has 1 aromatic carbocycles. The van der Waals surface area contributed by atoms with Crippen molar-refractivity contribution < 1.29 is 18.7 Å². The first-order chi connectivity index (χ1) is 16.3. The lowest BCUT2D eigenvalue weighted by Gasteiger charge is -2.45. The van der Waals surface area contributed by atoms with Crippen LogP contribution in [0.3, 0.4) is 0 Å². The van der Waals surface area contributed by atoms with Gasteiger partial charge in [0.15, 0.2) is 5.60 Å². The van der Waals surface area contributed by atoms with Gasteiger partial charge in [-0.2, -0.15) is 10.4 Å². The number of amides is 2. The Morgan fingerprint density at radius 3 is 2.74 bits per heavy atom. The van der Waals surface area contributed by atoms with Crippen molar-refractivity contribution in [2.75, 3.05) is 0 Å². The molecule has 0 bridgehead atoms. The van der Waals surface area contributed by atoms with Crippen LogP contribution in [0.2, 0.25) is 0 Å². The fourth-order valence-corrected chi connectivity index (χ4v) is 5.16. The molecule has 2 aromatic rings. The summed E-state index contributed by atoms with van der Waals surface area (Å²) in [7, 11) is 0. The van der Waals surface area contributed by atoms with Crippen molar-refractivity contribution in [1.82, 2.24) is 15.7 Å². The number of benzene rings is 1. The molecule has 1 aliphatic carbocycles. The molecule has 0 radical (unpaired) electrons. The summed E-state index contributed by atoms with van der Waals surface area (Å²) < 4.78 is 20.2. The molecule has 2 aliphatic rings. The Bertz CT molecular complexity index is 1170. The molecular formula is C24H23BrFN5O3. The average Bonchev–Trinajstić information content (AvgIpc) is 2.83. The number of halogens is 2. The maximum absolute atomic E-state index is 14.2. The SMILES string of the molecule is C[C@@H](CC1(C#N)CCC2(CC1)OC(=O)NN=C2c1cccc(F)c1Br)NC(=O)c1ccccn1. The molecule has 8 nitrogen and oxygen atoms in total. The maximum atomic E-state index is 14.2. The van der Waals surface area contributed by atoms with Crippen molar-refractivity contribution in [3.63, 3.8) is 0 Å². The number of pyridine rings is 1. The maximum Gasteiger partial charge on any atom is 0.428 e. The van der Waals surface area contributed by atoms with E-state index >= 15 is 0 Å². The summed E-state index contributed by atoms with van der Waals surface area (Å²) in [6.07, 6.45) is 2.83. The molecule has 34 heavy (non-hydrogen) atoms. The van der Waals surface area contributed by atoms with E-state index in [0.717, 1.165) is 0 Å². The molecule has 4 rings (SSSR count). The molecular weight excluding hydrogens is 505 g/mol. The highest BCUT2D eigenvalue weighted by molar-refractivity contribution is 9.10. The first kappa shape index (κ1) is 23.8. The highest BCUT2D eigenvalue weighted by atomic mass is 79.9. The summed E-state index contributed by atoms with van der Waals surface area (Å²) in [5.74, 6) is -0.752. The Labute approximate surface area is 204 Å². The second-order valence-electron chi connectivity index (χ2n) is 8.74. The van der Waals surface area contributed by atoms with Crippen molar-refractivity contribution in [2.45, 2.75) is 50.7 Å². The molecule has 2 N–H and O–H groups in total. The minimum atomic E-state index is -1.07. The van der Waals surface area contributed by atoms with E-state index in [2.05, 4.69) is 42.8 Å². The zero-order valence-electron chi connectivity index (χ0n) is 18.5. The number of hydrazone groups is 1. The average molecular weight is 528 g/mol. The van der Waals surface area contributed by atoms with Crippen LogP contribution in [0.15, 0.2) is 52.2 Å². The summed E-state index contributed by atoms with van der Waals surface area (Å²) >= 11 is 3.27. The first-order valence-electron chi connectivity index (χ1n) is 10.9. The van der Waals surface area contributed by atoms with Gasteiger partial charge >= 0.3 is 6.09 Å². The van der Waals surface area contributed by atoms with Crippen LogP contribution >= 0.6 is 15.9 Å². The third-order valence-electron chi connectivity index (χ3n) is 6.41. The van der Waals surface area contributed by atoms with E-state index in [4.69, 9.17) is 4.74 Å². The fourth-order valence-electron chi connectivity index (χ4n) is 4.71. The minimum Gasteiger partial charge on any atom is -0.435 e. The quantitative estimate of drug-likeness (QED) is 0.595. The van der Waals surface area contributed by atoms with Crippen LogP contribution in [0.1, 0.15) is 55.1 Å². The second-order valence-corrected chi connectivity index (χ2v) is 9.54. The van der Waals surface area contributed by atoms with Gasteiger partial charge < -0.3 is 10.1 Å². The lowest BCUT2D eigenvalue weighted by Crippen LogP contribution is -2.54. The van der Waals surface area contributed by atoms with Crippen LogP contribution in [0.5, 0.6) is 0 Å². The van der Waals surface area contributed by atoms with Crippen LogP contribution in [-0.2, 0) is 4.74 Å². The van der Waals surface area contributed by atoms with Gasteiger partial charge in [-0.3, -0.25) is 9.78 Å². The van der Waals surface area contributed by atoms with Gasteiger partial charge in [0.25, 0.3) is 5.91 Å². The summed E-state index contributed by atoms with van der Waals surface area (Å²) in [6.45, 7) is 1.85. The van der Waals surface area contributed by atoms with Gasteiger partial charge in [0.2, 0.25) is 0 Å². The van der Waals surface area contributed by atoms with E-state index < -0.39 is 22.9 Å². The lowest BCUT2D eigenvalue weighted by atomic mass is 9.65. The number of nitrogens with one attached hydrogen (secondary N) is 2. The topological polar surface area (TPSA) is 116 Å². The summed E-state index contributed by atoms with van der Waals surface area (Å²) in [6, 6.07) is 11.9. The van der Waals surface area contributed by atoms with Crippen molar-refractivity contribution in [3.8, 4) is 6.07 Å². The molecule has 1 atom stereocenters. The minimum absolute atomic E-state index is 0.232. The Balaban J connectivity index is 1.51. The van der Waals surface area contributed by atoms with E-state index in [9.17, 15) is 19.2 Å². The van der Waals surface area contributed by atoms with E-state index in [-0.39, 0.29) is 16.4 Å². The van der Waals surface area contributed by atoms with E-state index in [1.807, 2.05) is 6.92 Å². The molecule has 176 valence electrons. The van der Waals surface area contributed by atoms with Crippen molar-refractivity contribution >= 4 is 33.6 Å². The lowest BCUT2D eigenvalue weighted by molar-refractivity contribution is 0.00352. The number of carbonyl (C=O) groups is 2. The number of nitrogens with zero attached hydrogens (tertiary/aromatic N) is 3. The number of aromatic nitrogens is 1. The summed E-state index contributed by atoms with van der Waals surface area (Å²) in [5, 5.41) is 17.2. The predicted molar refractivity (Wildman–Crippen MR) is 125 cm³/mol. The van der Waals surface area contributed by atoms with Crippen LogP contribution in [0.4, 0.5) is 9.18 Å². The van der Waals surface area contributed by atoms with Gasteiger partial charge in [0, 0.05) is 17.8 Å². The van der Waals surface area contributed by atoms with E-state index in [1.54, 1.807) is 36.5 Å². The standard InChI is InChI=1S/C24H23BrFN5O3/c1-15(29-21(32)18-7-2-3-12-28-18)13-23(14-27)8-10-24(11-9-23)20(30-31-22(33)34-24)16-5-4-6-17(26)19(16)25/h2-7,12,15H,8-11,13H2,1H3,(H,29,32)(H,31,33)/t15-,23?,24?/m0/s1. The van der Waals surface area contributed by atoms with Crippen LogP contribution < -0.4 is 10.7 Å². The molecule has 1 spiro atoms.